The van der Waals surface area contributed by atoms with Gasteiger partial charge in [-0.05, 0) is 35.4 Å². The molecular formula is C66H74N22O15. The van der Waals surface area contributed by atoms with E-state index in [0.29, 0.717) is 5.56 Å². The lowest BCUT2D eigenvalue weighted by molar-refractivity contribution is -0.117. The van der Waals surface area contributed by atoms with E-state index < -0.39 is 89.8 Å². The lowest BCUT2D eigenvalue weighted by Crippen LogP contribution is -2.46. The molecule has 37 nitrogen and oxygen atoms in total. The molecule has 0 unspecified atom stereocenters. The Balaban J connectivity index is 0.729. The van der Waals surface area contributed by atoms with E-state index in [-0.39, 0.29) is 126 Å². The molecule has 0 spiro atoms. The number of nitrogens with one attached hydrogen (secondary N) is 11. The van der Waals surface area contributed by atoms with Crippen LogP contribution in [-0.4, -0.2) is 155 Å². The maximum absolute atomic E-state index is 13.7. The predicted octanol–water partition coefficient (Wildman–Crippen LogP) is 3.34. The van der Waals surface area contributed by atoms with Gasteiger partial charge in [-0.1, -0.05) is 60.7 Å². The number of aromatic carboxylic acids is 1. The zero-order chi connectivity index (χ0) is 74.2. The number of carbonyl (C=O) groups is 12. The zero-order valence-electron chi connectivity index (χ0n) is 56.6. The maximum atomic E-state index is 13.7. The number of hydrogen-bond acceptors (Lipinski definition) is 18. The number of carboxylic acid groups (broad SMARTS) is 1. The molecule has 7 aromatic heterocycles. The van der Waals surface area contributed by atoms with Gasteiger partial charge in [0.15, 0.2) is 17.5 Å². The van der Waals surface area contributed by atoms with Gasteiger partial charge in [0.2, 0.25) is 35.2 Å². The number of imidazole rings is 3. The van der Waals surface area contributed by atoms with Gasteiger partial charge in [-0.2, -0.15) is 0 Å². The summed E-state index contributed by atoms with van der Waals surface area (Å²) in [4.78, 5) is 170. The van der Waals surface area contributed by atoms with Crippen molar-refractivity contribution in [2.75, 3.05) is 56.9 Å². The molecule has 7 heterocycles. The third-order valence-electron chi connectivity index (χ3n) is 15.4. The summed E-state index contributed by atoms with van der Waals surface area (Å²) in [5.74, 6) is -7.44. The topological polar surface area (TPSA) is 475 Å². The Morgan fingerprint density at radius 2 is 0.777 bits per heavy atom. The van der Waals surface area contributed by atoms with Gasteiger partial charge in [0, 0.05) is 132 Å². The van der Waals surface area contributed by atoms with Crippen molar-refractivity contribution in [2.45, 2.75) is 44.6 Å². The second-order valence-electron chi connectivity index (χ2n) is 23.5. The van der Waals surface area contributed by atoms with E-state index in [9.17, 15) is 62.6 Å². The van der Waals surface area contributed by atoms with Gasteiger partial charge in [0.05, 0.1) is 34.8 Å². The van der Waals surface area contributed by atoms with Gasteiger partial charge < -0.3 is 111 Å². The number of carboxylic acids is 1. The van der Waals surface area contributed by atoms with Gasteiger partial charge in [-0.25, -0.2) is 29.3 Å². The van der Waals surface area contributed by atoms with Crippen LogP contribution >= 0.6 is 0 Å². The van der Waals surface area contributed by atoms with Crippen LogP contribution in [0.25, 0.3) is 0 Å². The number of benzene rings is 2. The number of amides is 11. The average molecular weight is 1420 g/mol. The minimum absolute atomic E-state index is 0.00852. The van der Waals surface area contributed by atoms with Crippen LogP contribution in [-0.2, 0) is 86.4 Å². The molecule has 37 heteroatoms. The van der Waals surface area contributed by atoms with E-state index in [1.165, 1.54) is 121 Å². The Kier molecular flexibility index (Phi) is 23.8. The van der Waals surface area contributed by atoms with E-state index >= 15 is 0 Å². The van der Waals surface area contributed by atoms with Crippen molar-refractivity contribution in [3.05, 3.63) is 180 Å². The summed E-state index contributed by atoms with van der Waals surface area (Å²) in [6.07, 6.45) is 7.56. The predicted molar refractivity (Wildman–Crippen MR) is 371 cm³/mol. The Morgan fingerprint density at radius 1 is 0.417 bits per heavy atom. The van der Waals surface area contributed by atoms with Crippen molar-refractivity contribution in [3.8, 4) is 0 Å². The summed E-state index contributed by atoms with van der Waals surface area (Å²) in [7, 11) is 10.8. The lowest BCUT2D eigenvalue weighted by Gasteiger charge is -2.19. The molecule has 0 bridgehead atoms. The normalized spacial score (nSPS) is 11.5. The SMILES string of the molecule is Cn1cc(NC(=O)C[C@H](CNC(=O)c2nc(NC(=O)CCNC(=O)c3nc(NC(=O)c4cc(NC(=O)C[C@H](CN)NC(=O)OCc5ccccc5)cn4C)cn3C)cn2C)NC(=O)OCc2ccccc2)cc1C(=O)Nc1cc(C(=O)Nc2cc(C(=O)Nc3cn(C)c(C(=O)O)n3)n(C)c2)n(C)c1. The summed E-state index contributed by atoms with van der Waals surface area (Å²) in [5.41, 5.74) is 8.69. The molecular weight excluding hydrogens is 1340 g/mol. The molecule has 2 atom stereocenters. The average Bonchev–Trinajstić information content (AvgIpc) is 1.28. The first-order valence-electron chi connectivity index (χ1n) is 31.5. The van der Waals surface area contributed by atoms with Crippen molar-refractivity contribution in [3.63, 3.8) is 0 Å². The Morgan fingerprint density at radius 3 is 1.18 bits per heavy atom. The van der Waals surface area contributed by atoms with E-state index in [1.807, 2.05) is 18.2 Å². The van der Waals surface area contributed by atoms with Crippen LogP contribution in [0.1, 0.15) is 104 Å². The first-order valence-corrected chi connectivity index (χ1v) is 31.5. The van der Waals surface area contributed by atoms with Crippen molar-refractivity contribution >= 4 is 112 Å². The quantitative estimate of drug-likeness (QED) is 0.0307. The number of anilines is 7. The van der Waals surface area contributed by atoms with Crippen molar-refractivity contribution in [2.24, 2.45) is 55.1 Å². The monoisotopic (exact) mass is 1410 g/mol. The van der Waals surface area contributed by atoms with Crippen molar-refractivity contribution in [1.29, 1.82) is 0 Å². The van der Waals surface area contributed by atoms with Crippen LogP contribution in [0.3, 0.4) is 0 Å². The van der Waals surface area contributed by atoms with Crippen LogP contribution in [0, 0.1) is 0 Å². The van der Waals surface area contributed by atoms with E-state index in [2.05, 4.69) is 73.4 Å². The molecule has 0 radical (unpaired) electrons. The van der Waals surface area contributed by atoms with Gasteiger partial charge in [0.25, 0.3) is 35.4 Å². The molecule has 538 valence electrons. The number of ether oxygens (including phenoxy) is 2. The summed E-state index contributed by atoms with van der Waals surface area (Å²) >= 11 is 0. The fourth-order valence-electron chi connectivity index (χ4n) is 10.4. The molecule has 0 saturated heterocycles. The number of alkyl carbamates (subject to hydrolysis) is 2. The van der Waals surface area contributed by atoms with E-state index in [4.69, 9.17) is 15.2 Å². The van der Waals surface area contributed by atoms with Crippen molar-refractivity contribution < 1.29 is 72.1 Å². The highest BCUT2D eigenvalue weighted by atomic mass is 16.6. The maximum Gasteiger partial charge on any atom is 0.407 e. The molecule has 0 saturated carbocycles. The first-order chi connectivity index (χ1) is 49.1. The molecule has 9 rings (SSSR count). The second kappa shape index (κ2) is 33.3. The summed E-state index contributed by atoms with van der Waals surface area (Å²) in [5, 5.41) is 38.3. The Hall–Kier alpha value is -13.6. The number of nitrogens with zero attached hydrogens (tertiary/aromatic N) is 10. The highest BCUT2D eigenvalue weighted by Crippen LogP contribution is 2.23. The molecule has 0 aliphatic rings. The minimum Gasteiger partial charge on any atom is -0.475 e. The first kappa shape index (κ1) is 73.6. The largest absolute Gasteiger partial charge is 0.475 e. The Labute approximate surface area is 585 Å². The fourth-order valence-corrected chi connectivity index (χ4v) is 10.4. The molecule has 14 N–H and O–H groups in total. The number of aromatic nitrogens is 10. The second-order valence-corrected chi connectivity index (χ2v) is 23.5. The molecule has 11 amide bonds. The molecule has 0 aliphatic heterocycles. The lowest BCUT2D eigenvalue weighted by atomic mass is 10.2. The van der Waals surface area contributed by atoms with Crippen LogP contribution in [0.4, 0.5) is 49.8 Å². The third kappa shape index (κ3) is 20.0. The van der Waals surface area contributed by atoms with Crippen LogP contribution < -0.4 is 64.2 Å². The van der Waals surface area contributed by atoms with Crippen LogP contribution in [0.5, 0.6) is 0 Å². The van der Waals surface area contributed by atoms with Gasteiger partial charge in [-0.3, -0.25) is 43.2 Å². The molecule has 103 heavy (non-hydrogen) atoms. The fraction of sp³-hybridized carbons (Fsp3) is 0.258. The smallest absolute Gasteiger partial charge is 0.407 e. The van der Waals surface area contributed by atoms with Gasteiger partial charge >= 0.3 is 18.2 Å². The summed E-state index contributed by atoms with van der Waals surface area (Å²) in [6, 6.07) is 21.7. The van der Waals surface area contributed by atoms with E-state index in [1.54, 1.807) is 70.7 Å². The van der Waals surface area contributed by atoms with Crippen LogP contribution in [0.15, 0.2) is 128 Å². The Bertz CT molecular complexity index is 4690. The number of aryl methyl sites for hydroxylation is 7. The van der Waals surface area contributed by atoms with Crippen molar-refractivity contribution in [1.82, 2.24) is 68.2 Å². The molecule has 2 aromatic carbocycles. The summed E-state index contributed by atoms with van der Waals surface area (Å²) in [6.45, 7) is -0.641. The molecule has 0 aliphatic carbocycles. The minimum atomic E-state index is -1.28. The van der Waals surface area contributed by atoms with Gasteiger partial charge in [-0.15, -0.1) is 0 Å². The van der Waals surface area contributed by atoms with Crippen LogP contribution in [0.2, 0.25) is 0 Å². The highest BCUT2D eigenvalue weighted by Gasteiger charge is 2.26. The number of nitrogens with two attached hydrogens (primary N) is 1. The summed E-state index contributed by atoms with van der Waals surface area (Å²) < 4.78 is 20.4. The van der Waals surface area contributed by atoms with Gasteiger partial charge in [0.1, 0.15) is 36.0 Å². The molecule has 0 fully saturated rings. The molecule has 9 aromatic rings. The number of rotatable bonds is 30. The third-order valence-corrected chi connectivity index (χ3v) is 15.4. The number of hydrogen-bond donors (Lipinski definition) is 13. The van der Waals surface area contributed by atoms with E-state index in [0.717, 1.165) is 5.56 Å². The standard InChI is InChI=1S/C66H74N22O15/c1-82-28-41(20-45(82)58(92)72-43-22-46(84(3)30-43)59(93)73-44-23-48(85(4)31-44)61(95)81-51-34-88(7)57(79-51)64(98)99)71-54(91)25-40(75-66(101)103-36-38-16-12-9-13-17-38)27-69-63(97)56-77-49(32-86(56)5)76-52(89)18-19-68-62(96)55-78-50(33-87(55)6)80-60(94)47-21-42(29-83(47)2)70-53(90)24-39(26-67)74-65(100)102-35-37-14-10-8-11-15-37/h8-17,20-23,28-34,39-40H,18-19,24-27,35-36,67H2,1-7H3,(H,68,96)(H,69,97)(H,70,90)(H,71,91)(H,72,92)(H,73,93)(H,74,100)(H,75,101)(H,76,89)(H,80,94)(H,81,95)(H,98,99)/t39-,40-/m1/s1. The highest BCUT2D eigenvalue weighted by molar-refractivity contribution is 6.09. The zero-order valence-corrected chi connectivity index (χ0v) is 56.6. The number of carbonyl (C=O) groups excluding carboxylic acids is 11.